The highest BCUT2D eigenvalue weighted by Crippen LogP contribution is 2.24. The van der Waals surface area contributed by atoms with Gasteiger partial charge in [0.25, 0.3) is 0 Å². The summed E-state index contributed by atoms with van der Waals surface area (Å²) in [5.41, 5.74) is 0. The Morgan fingerprint density at radius 2 is 0.824 bits per heavy atom. The fraction of sp³-hybridized carbons (Fsp3) is 1.00. The summed E-state index contributed by atoms with van der Waals surface area (Å²) in [6, 6.07) is 0. The lowest BCUT2D eigenvalue weighted by Gasteiger charge is -2.21. The van der Waals surface area contributed by atoms with Crippen LogP contribution in [0.3, 0.4) is 0 Å². The van der Waals surface area contributed by atoms with Gasteiger partial charge in [-0.15, -0.1) is 0 Å². The first-order valence-corrected chi connectivity index (χ1v) is 7.20. The maximum atomic E-state index is 5.44. The smallest absolute Gasteiger partial charge is 0.0779 e. The molecule has 0 nitrogen and oxygen atoms in total. The monoisotopic (exact) mass is 235 g/mol. The van der Waals surface area contributed by atoms with Crippen LogP contribution in [0, 0.1) is 17.8 Å². The Labute approximate surface area is 113 Å². The van der Waals surface area contributed by atoms with Crippen LogP contribution in [-0.2, 0) is 0 Å². The topological polar surface area (TPSA) is 0 Å². The molecule has 3 atom stereocenters. The van der Waals surface area contributed by atoms with E-state index in [9.17, 15) is 0 Å². The van der Waals surface area contributed by atoms with Crippen molar-refractivity contribution >= 4 is 15.1 Å². The van der Waals surface area contributed by atoms with Crippen LogP contribution in [0.2, 0.25) is 17.5 Å². The molecular weight excluding hydrogens is 202 g/mol. The van der Waals surface area contributed by atoms with Gasteiger partial charge in [0.1, 0.15) is 7.28 Å². The van der Waals surface area contributed by atoms with E-state index in [2.05, 4.69) is 62.7 Å². The van der Waals surface area contributed by atoms with E-state index in [0.717, 1.165) is 23.5 Å². The SMILES string of the molecule is CC(C)C(C)[B]C(C)C(C)C.[B]C(C)C(C)C. The molecular formula is C15H33B2. The van der Waals surface area contributed by atoms with E-state index in [1.807, 2.05) is 6.92 Å². The van der Waals surface area contributed by atoms with Crippen LogP contribution in [0.25, 0.3) is 0 Å². The molecule has 0 amide bonds. The van der Waals surface area contributed by atoms with Crippen molar-refractivity contribution in [3.8, 4) is 0 Å². The van der Waals surface area contributed by atoms with E-state index in [4.69, 9.17) is 7.85 Å². The maximum Gasteiger partial charge on any atom is 0.117 e. The van der Waals surface area contributed by atoms with Crippen LogP contribution in [-0.4, -0.2) is 15.1 Å². The predicted octanol–water partition coefficient (Wildman–Crippen LogP) is 5.24. The van der Waals surface area contributed by atoms with Gasteiger partial charge in [0.2, 0.25) is 0 Å². The first-order valence-electron chi connectivity index (χ1n) is 7.20. The van der Waals surface area contributed by atoms with Crippen molar-refractivity contribution in [2.75, 3.05) is 0 Å². The van der Waals surface area contributed by atoms with Crippen LogP contribution in [0.1, 0.15) is 62.3 Å². The summed E-state index contributed by atoms with van der Waals surface area (Å²) in [7, 11) is 7.92. The predicted molar refractivity (Wildman–Crippen MR) is 84.3 cm³/mol. The van der Waals surface area contributed by atoms with E-state index in [-0.39, 0.29) is 0 Å². The summed E-state index contributed by atoms with van der Waals surface area (Å²) < 4.78 is 0. The van der Waals surface area contributed by atoms with Crippen molar-refractivity contribution in [1.29, 1.82) is 0 Å². The molecule has 0 aromatic carbocycles. The molecule has 0 N–H and O–H groups in total. The maximum absolute atomic E-state index is 5.44. The minimum Gasteiger partial charge on any atom is -0.0779 e. The van der Waals surface area contributed by atoms with Gasteiger partial charge in [-0.25, -0.2) is 0 Å². The average molecular weight is 235 g/mol. The van der Waals surface area contributed by atoms with Crippen molar-refractivity contribution in [1.82, 2.24) is 0 Å². The fourth-order valence-electron chi connectivity index (χ4n) is 0.923. The van der Waals surface area contributed by atoms with Gasteiger partial charge < -0.3 is 0 Å². The van der Waals surface area contributed by atoms with E-state index >= 15 is 0 Å². The first kappa shape index (κ1) is 19.5. The third-order valence-electron chi connectivity index (χ3n) is 3.76. The average Bonchev–Trinajstić information content (AvgIpc) is 2.17. The lowest BCUT2D eigenvalue weighted by molar-refractivity contribution is 0.575. The molecule has 99 valence electrons. The standard InChI is InChI=1S/C10H22B.C5H11B/c1-7(2)9(5)11-10(6)8(3)4;1-4(2)5(3)6/h7-10H,1-6H3;4-5H,1-3H3. The molecule has 0 aliphatic heterocycles. The lowest BCUT2D eigenvalue weighted by atomic mass is 9.50. The minimum absolute atomic E-state index is 0.352. The van der Waals surface area contributed by atoms with Crippen molar-refractivity contribution in [3.05, 3.63) is 0 Å². The van der Waals surface area contributed by atoms with Crippen LogP contribution in [0.5, 0.6) is 0 Å². The Morgan fingerprint density at radius 1 is 0.588 bits per heavy atom. The molecule has 0 aromatic rings. The van der Waals surface area contributed by atoms with E-state index < -0.39 is 0 Å². The molecule has 2 heteroatoms. The van der Waals surface area contributed by atoms with Crippen LogP contribution in [0.15, 0.2) is 0 Å². The lowest BCUT2D eigenvalue weighted by Crippen LogP contribution is -2.14. The molecule has 0 aliphatic carbocycles. The second kappa shape index (κ2) is 10.1. The Morgan fingerprint density at radius 3 is 0.941 bits per heavy atom. The largest absolute Gasteiger partial charge is 0.117 e. The molecule has 3 unspecified atom stereocenters. The minimum atomic E-state index is 0.352. The van der Waals surface area contributed by atoms with Crippen molar-refractivity contribution in [2.45, 2.75) is 79.8 Å². The number of hydrogen-bond acceptors (Lipinski definition) is 0. The summed E-state index contributed by atoms with van der Waals surface area (Å²) in [4.78, 5) is 0. The van der Waals surface area contributed by atoms with Gasteiger partial charge in [0, 0.05) is 0 Å². The number of rotatable bonds is 5. The molecule has 0 spiro atoms. The summed E-state index contributed by atoms with van der Waals surface area (Å²) >= 11 is 0. The molecule has 0 saturated heterocycles. The third-order valence-corrected chi connectivity index (χ3v) is 3.76. The molecule has 0 aromatic heterocycles. The zero-order chi connectivity index (χ0) is 14.2. The van der Waals surface area contributed by atoms with Crippen LogP contribution >= 0.6 is 0 Å². The number of hydrogen-bond donors (Lipinski definition) is 0. The fourth-order valence-corrected chi connectivity index (χ4v) is 0.923. The highest BCUT2D eigenvalue weighted by Gasteiger charge is 2.15. The molecule has 0 fully saturated rings. The van der Waals surface area contributed by atoms with E-state index in [1.165, 1.54) is 0 Å². The van der Waals surface area contributed by atoms with Gasteiger partial charge in [-0.3, -0.25) is 0 Å². The normalized spacial score (nSPS) is 16.5. The van der Waals surface area contributed by atoms with Gasteiger partial charge in [0.05, 0.1) is 7.85 Å². The Kier molecular flexibility index (Phi) is 11.6. The Bertz CT molecular complexity index is 144. The van der Waals surface area contributed by atoms with Gasteiger partial charge in [-0.1, -0.05) is 97.5 Å². The Balaban J connectivity index is 0. The molecule has 0 bridgehead atoms. The quantitative estimate of drug-likeness (QED) is 0.571. The highest BCUT2D eigenvalue weighted by molar-refractivity contribution is 6.39. The second-order valence-electron chi connectivity index (χ2n) is 6.50. The summed E-state index contributed by atoms with van der Waals surface area (Å²) in [6.45, 7) is 20.0. The van der Waals surface area contributed by atoms with Gasteiger partial charge >= 0.3 is 0 Å². The first-order chi connectivity index (χ1) is 7.59. The Hall–Kier alpha value is 0.130. The van der Waals surface area contributed by atoms with E-state index in [1.54, 1.807) is 0 Å². The molecule has 0 saturated carbocycles. The summed E-state index contributed by atoms with van der Waals surface area (Å²) in [6.07, 6.45) is 0. The molecule has 0 rings (SSSR count). The molecule has 0 aliphatic rings. The van der Waals surface area contributed by atoms with Crippen LogP contribution in [0.4, 0.5) is 0 Å². The second-order valence-corrected chi connectivity index (χ2v) is 6.50. The van der Waals surface area contributed by atoms with Gasteiger partial charge in [0.15, 0.2) is 0 Å². The van der Waals surface area contributed by atoms with Crippen LogP contribution < -0.4 is 0 Å². The van der Waals surface area contributed by atoms with Gasteiger partial charge in [-0.2, -0.15) is 0 Å². The third kappa shape index (κ3) is 12.4. The highest BCUT2D eigenvalue weighted by atomic mass is 14.1. The molecule has 3 radical (unpaired) electrons. The zero-order valence-corrected chi connectivity index (χ0v) is 13.6. The van der Waals surface area contributed by atoms with Crippen molar-refractivity contribution < 1.29 is 0 Å². The summed E-state index contributed by atoms with van der Waals surface area (Å²) in [5.74, 6) is 4.07. The van der Waals surface area contributed by atoms with E-state index in [0.29, 0.717) is 11.7 Å². The van der Waals surface area contributed by atoms with Crippen molar-refractivity contribution in [3.63, 3.8) is 0 Å². The zero-order valence-electron chi connectivity index (χ0n) is 13.6. The van der Waals surface area contributed by atoms with Crippen molar-refractivity contribution in [2.24, 2.45) is 17.8 Å². The molecule has 17 heavy (non-hydrogen) atoms. The molecule has 0 heterocycles. The van der Waals surface area contributed by atoms with Gasteiger partial charge in [-0.05, 0) is 0 Å². The summed E-state index contributed by atoms with van der Waals surface area (Å²) in [5, 5.41) is 0.